The maximum atomic E-state index is 12.4. The number of anilines is 2. The summed E-state index contributed by atoms with van der Waals surface area (Å²) < 4.78 is 0. The molecule has 4 nitrogen and oxygen atoms in total. The molecule has 0 aliphatic heterocycles. The molecule has 0 fully saturated rings. The highest BCUT2D eigenvalue weighted by molar-refractivity contribution is 5.96. The maximum Gasteiger partial charge on any atom is 0.228 e. The second-order valence-electron chi connectivity index (χ2n) is 5.98. The molecule has 3 rings (SSSR count). The number of nitrogens with one attached hydrogen (secondary N) is 2. The predicted molar refractivity (Wildman–Crippen MR) is 96.1 cm³/mol. The van der Waals surface area contributed by atoms with Crippen LogP contribution >= 0.6 is 0 Å². The number of hydrogen-bond acceptors (Lipinski definition) is 2. The van der Waals surface area contributed by atoms with Crippen LogP contribution in [0.25, 0.3) is 10.9 Å². The molecule has 23 heavy (non-hydrogen) atoms. The van der Waals surface area contributed by atoms with Gasteiger partial charge in [-0.05, 0) is 42.3 Å². The first kappa shape index (κ1) is 15.2. The van der Waals surface area contributed by atoms with Gasteiger partial charge in [0.1, 0.15) is 0 Å². The number of aryl methyl sites for hydroxylation is 1. The number of aromatic amines is 1. The second kappa shape index (κ2) is 6.16. The Kier molecular flexibility index (Phi) is 4.06. The van der Waals surface area contributed by atoms with Crippen LogP contribution in [0.3, 0.4) is 0 Å². The van der Waals surface area contributed by atoms with Crippen LogP contribution in [0.5, 0.6) is 0 Å². The summed E-state index contributed by atoms with van der Waals surface area (Å²) in [6.07, 6.45) is 2.27. The number of hydrogen-bond donors (Lipinski definition) is 2. The van der Waals surface area contributed by atoms with E-state index in [1.807, 2.05) is 68.5 Å². The van der Waals surface area contributed by atoms with Crippen LogP contribution < -0.4 is 10.2 Å². The van der Waals surface area contributed by atoms with Gasteiger partial charge in [-0.15, -0.1) is 0 Å². The van der Waals surface area contributed by atoms with Crippen LogP contribution in [0.4, 0.5) is 11.4 Å². The molecular formula is C19H21N3O. The molecule has 0 aliphatic carbocycles. The van der Waals surface area contributed by atoms with Crippen molar-refractivity contribution in [3.05, 3.63) is 59.8 Å². The van der Waals surface area contributed by atoms with Gasteiger partial charge in [-0.2, -0.15) is 0 Å². The summed E-state index contributed by atoms with van der Waals surface area (Å²) in [6, 6.07) is 14.1. The highest BCUT2D eigenvalue weighted by Gasteiger charge is 2.10. The van der Waals surface area contributed by atoms with Gasteiger partial charge in [0.2, 0.25) is 5.91 Å². The number of nitrogens with zero attached hydrogens (tertiary/aromatic N) is 1. The van der Waals surface area contributed by atoms with E-state index in [0.29, 0.717) is 6.42 Å². The number of benzene rings is 2. The standard InChI is InChI=1S/C19H21N3O/c1-13-10-15(22(2)3)8-9-17(13)21-19(23)11-14-12-20-18-7-5-4-6-16(14)18/h4-10,12,20H,11H2,1-3H3,(H,21,23). The van der Waals surface area contributed by atoms with Gasteiger partial charge in [0.15, 0.2) is 0 Å². The number of H-pyrrole nitrogens is 1. The lowest BCUT2D eigenvalue weighted by Gasteiger charge is -2.15. The first-order valence-electron chi connectivity index (χ1n) is 7.67. The van der Waals surface area contributed by atoms with Crippen LogP contribution in [0.15, 0.2) is 48.7 Å². The topological polar surface area (TPSA) is 48.1 Å². The van der Waals surface area contributed by atoms with Crippen molar-refractivity contribution >= 4 is 28.2 Å². The fourth-order valence-corrected chi connectivity index (χ4v) is 2.71. The van der Waals surface area contributed by atoms with Gasteiger partial charge in [-0.25, -0.2) is 0 Å². The summed E-state index contributed by atoms with van der Waals surface area (Å²) >= 11 is 0. The molecule has 4 heteroatoms. The third-order valence-electron chi connectivity index (χ3n) is 4.03. The van der Waals surface area contributed by atoms with Gasteiger partial charge in [-0.3, -0.25) is 4.79 Å². The van der Waals surface area contributed by atoms with Crippen molar-refractivity contribution in [2.24, 2.45) is 0 Å². The van der Waals surface area contributed by atoms with Gasteiger partial charge in [0, 0.05) is 42.6 Å². The molecule has 0 atom stereocenters. The van der Waals surface area contributed by atoms with E-state index in [-0.39, 0.29) is 5.91 Å². The van der Waals surface area contributed by atoms with E-state index in [2.05, 4.69) is 16.4 Å². The summed E-state index contributed by atoms with van der Waals surface area (Å²) in [5.74, 6) is -0.00421. The largest absolute Gasteiger partial charge is 0.378 e. The van der Waals surface area contributed by atoms with Gasteiger partial charge < -0.3 is 15.2 Å². The number of para-hydroxylation sites is 1. The summed E-state index contributed by atoms with van der Waals surface area (Å²) in [7, 11) is 4.01. The second-order valence-corrected chi connectivity index (χ2v) is 5.98. The molecular weight excluding hydrogens is 286 g/mol. The lowest BCUT2D eigenvalue weighted by atomic mass is 10.1. The lowest BCUT2D eigenvalue weighted by Crippen LogP contribution is -2.15. The zero-order chi connectivity index (χ0) is 16.4. The average molecular weight is 307 g/mol. The van der Waals surface area contributed by atoms with Crippen LogP contribution in [-0.4, -0.2) is 25.0 Å². The Balaban J connectivity index is 1.75. The van der Waals surface area contributed by atoms with E-state index in [1.54, 1.807) is 0 Å². The molecule has 0 spiro atoms. The van der Waals surface area contributed by atoms with Gasteiger partial charge in [0.05, 0.1) is 6.42 Å². The lowest BCUT2D eigenvalue weighted by molar-refractivity contribution is -0.115. The van der Waals surface area contributed by atoms with E-state index in [1.165, 1.54) is 0 Å². The summed E-state index contributed by atoms with van der Waals surface area (Å²) in [5.41, 5.74) is 5.11. The van der Waals surface area contributed by atoms with Gasteiger partial charge in [-0.1, -0.05) is 18.2 Å². The Hall–Kier alpha value is -2.75. The quantitative estimate of drug-likeness (QED) is 0.771. The molecule has 118 valence electrons. The number of aromatic nitrogens is 1. The summed E-state index contributed by atoms with van der Waals surface area (Å²) in [6.45, 7) is 2.01. The summed E-state index contributed by atoms with van der Waals surface area (Å²) in [4.78, 5) is 17.6. The molecule has 1 heterocycles. The molecule has 1 aromatic heterocycles. The van der Waals surface area contributed by atoms with Crippen molar-refractivity contribution in [3.8, 4) is 0 Å². The number of carbonyl (C=O) groups excluding carboxylic acids is 1. The van der Waals surface area contributed by atoms with Crippen molar-refractivity contribution in [2.45, 2.75) is 13.3 Å². The molecule has 3 aromatic rings. The van der Waals surface area contributed by atoms with Crippen molar-refractivity contribution in [2.75, 3.05) is 24.3 Å². The Morgan fingerprint density at radius 1 is 1.17 bits per heavy atom. The summed E-state index contributed by atoms with van der Waals surface area (Å²) in [5, 5.41) is 4.11. The van der Waals surface area contributed by atoms with Crippen molar-refractivity contribution in [1.82, 2.24) is 4.98 Å². The molecule has 0 radical (unpaired) electrons. The highest BCUT2D eigenvalue weighted by atomic mass is 16.1. The zero-order valence-corrected chi connectivity index (χ0v) is 13.7. The fraction of sp³-hybridized carbons (Fsp3) is 0.211. The third kappa shape index (κ3) is 3.21. The van der Waals surface area contributed by atoms with Crippen molar-refractivity contribution in [3.63, 3.8) is 0 Å². The number of amides is 1. The molecule has 0 unspecified atom stereocenters. The molecule has 0 saturated carbocycles. The molecule has 0 saturated heterocycles. The fourth-order valence-electron chi connectivity index (χ4n) is 2.71. The Labute approximate surface area is 136 Å². The first-order chi connectivity index (χ1) is 11.0. The molecule has 1 amide bonds. The monoisotopic (exact) mass is 307 g/mol. The van der Waals surface area contributed by atoms with Crippen LogP contribution in [0.2, 0.25) is 0 Å². The minimum absolute atomic E-state index is 0.00421. The van der Waals surface area contributed by atoms with Crippen molar-refractivity contribution in [1.29, 1.82) is 0 Å². The minimum Gasteiger partial charge on any atom is -0.378 e. The molecule has 0 aliphatic rings. The van der Waals surface area contributed by atoms with E-state index in [4.69, 9.17) is 0 Å². The maximum absolute atomic E-state index is 12.4. The molecule has 0 bridgehead atoms. The van der Waals surface area contributed by atoms with Crippen LogP contribution in [0.1, 0.15) is 11.1 Å². The SMILES string of the molecule is Cc1cc(N(C)C)ccc1NC(=O)Cc1c[nH]c2ccccc12. The predicted octanol–water partition coefficient (Wildman–Crippen LogP) is 3.72. The Bertz CT molecular complexity index is 849. The van der Waals surface area contributed by atoms with Crippen molar-refractivity contribution < 1.29 is 4.79 Å². The Morgan fingerprint density at radius 2 is 1.96 bits per heavy atom. The zero-order valence-electron chi connectivity index (χ0n) is 13.7. The average Bonchev–Trinajstić information content (AvgIpc) is 2.92. The molecule has 2 aromatic carbocycles. The van der Waals surface area contributed by atoms with Crippen LogP contribution in [-0.2, 0) is 11.2 Å². The number of rotatable bonds is 4. The van der Waals surface area contributed by atoms with E-state index < -0.39 is 0 Å². The minimum atomic E-state index is -0.00421. The normalized spacial score (nSPS) is 10.7. The van der Waals surface area contributed by atoms with E-state index in [9.17, 15) is 4.79 Å². The van der Waals surface area contributed by atoms with E-state index >= 15 is 0 Å². The molecule has 2 N–H and O–H groups in total. The third-order valence-corrected chi connectivity index (χ3v) is 4.03. The highest BCUT2D eigenvalue weighted by Crippen LogP contribution is 2.22. The first-order valence-corrected chi connectivity index (χ1v) is 7.67. The van der Waals surface area contributed by atoms with Gasteiger partial charge in [0.25, 0.3) is 0 Å². The Morgan fingerprint density at radius 3 is 2.70 bits per heavy atom. The number of fused-ring (bicyclic) bond motifs is 1. The van der Waals surface area contributed by atoms with Gasteiger partial charge >= 0.3 is 0 Å². The smallest absolute Gasteiger partial charge is 0.228 e. The van der Waals surface area contributed by atoms with E-state index in [0.717, 1.165) is 33.4 Å². The van der Waals surface area contributed by atoms with Crippen LogP contribution in [0, 0.1) is 6.92 Å². The number of carbonyl (C=O) groups is 1.